The van der Waals surface area contributed by atoms with Crippen molar-refractivity contribution in [1.29, 1.82) is 0 Å². The SMILES string of the molecule is CC1=C(C(=O)O)C(C)(C)CC/C1=C/C(=O)N[C@@H](Cc1ccc(NC(=O)c2c(Cl)cccc2Cl)cc1)C(=O)O. The van der Waals surface area contributed by atoms with Gasteiger partial charge in [0.1, 0.15) is 6.04 Å². The number of anilines is 1. The zero-order valence-electron chi connectivity index (χ0n) is 21.1. The van der Waals surface area contributed by atoms with Crippen LogP contribution in [0.1, 0.15) is 49.5 Å². The first-order valence-electron chi connectivity index (χ1n) is 11.8. The second-order valence-electron chi connectivity index (χ2n) is 9.71. The molecule has 8 nitrogen and oxygen atoms in total. The molecule has 0 saturated carbocycles. The van der Waals surface area contributed by atoms with Crippen molar-refractivity contribution in [2.24, 2.45) is 5.41 Å². The lowest BCUT2D eigenvalue weighted by Gasteiger charge is -2.33. The Morgan fingerprint density at radius 1 is 1.03 bits per heavy atom. The number of amides is 2. The highest BCUT2D eigenvalue weighted by atomic mass is 35.5. The Hall–Kier alpha value is -3.62. The number of hydrogen-bond acceptors (Lipinski definition) is 4. The minimum absolute atomic E-state index is 0.00293. The maximum absolute atomic E-state index is 12.7. The van der Waals surface area contributed by atoms with E-state index in [0.29, 0.717) is 35.2 Å². The van der Waals surface area contributed by atoms with Gasteiger partial charge in [-0.2, -0.15) is 0 Å². The Labute approximate surface area is 230 Å². The van der Waals surface area contributed by atoms with Gasteiger partial charge in [0.2, 0.25) is 5.91 Å². The lowest BCUT2D eigenvalue weighted by Crippen LogP contribution is -2.41. The summed E-state index contributed by atoms with van der Waals surface area (Å²) in [5.74, 6) is -3.35. The standard InChI is InChI=1S/C28H28Cl2N2O6/c1-15-17(11-12-28(2,3)24(15)27(37)38)14-22(33)32-21(26(35)36)13-16-7-9-18(10-8-16)31-25(34)23-19(29)5-4-6-20(23)30/h4-10,14,21H,11-13H2,1-3H3,(H,31,34)(H,32,33)(H,35,36)(H,37,38)/b17-14-/t21-/m0/s1. The lowest BCUT2D eigenvalue weighted by molar-refractivity contribution is -0.141. The monoisotopic (exact) mass is 558 g/mol. The van der Waals surface area contributed by atoms with E-state index in [1.807, 2.05) is 13.8 Å². The fraction of sp³-hybridized carbons (Fsp3) is 0.286. The van der Waals surface area contributed by atoms with Gasteiger partial charge in [0.15, 0.2) is 0 Å². The van der Waals surface area contributed by atoms with Gasteiger partial charge in [-0.15, -0.1) is 0 Å². The molecule has 1 aliphatic carbocycles. The number of benzene rings is 2. The highest BCUT2D eigenvalue weighted by molar-refractivity contribution is 6.40. The largest absolute Gasteiger partial charge is 0.480 e. The van der Waals surface area contributed by atoms with E-state index < -0.39 is 35.2 Å². The van der Waals surface area contributed by atoms with Gasteiger partial charge in [-0.25, -0.2) is 9.59 Å². The molecule has 0 aliphatic heterocycles. The van der Waals surface area contributed by atoms with Crippen LogP contribution in [-0.4, -0.2) is 40.0 Å². The summed E-state index contributed by atoms with van der Waals surface area (Å²) in [4.78, 5) is 48.9. The lowest BCUT2D eigenvalue weighted by atomic mass is 9.71. The first-order valence-corrected chi connectivity index (χ1v) is 12.6. The van der Waals surface area contributed by atoms with Crippen molar-refractivity contribution in [3.8, 4) is 0 Å². The van der Waals surface area contributed by atoms with E-state index in [2.05, 4.69) is 10.6 Å². The molecule has 200 valence electrons. The maximum atomic E-state index is 12.7. The molecule has 2 amide bonds. The summed E-state index contributed by atoms with van der Waals surface area (Å²) in [6, 6.07) is 10.0. The summed E-state index contributed by atoms with van der Waals surface area (Å²) in [6.45, 7) is 5.36. The highest BCUT2D eigenvalue weighted by Gasteiger charge is 2.35. The van der Waals surface area contributed by atoms with E-state index in [-0.39, 0.29) is 27.6 Å². The second-order valence-corrected chi connectivity index (χ2v) is 10.5. The summed E-state index contributed by atoms with van der Waals surface area (Å²) in [5.41, 5.74) is 2.02. The van der Waals surface area contributed by atoms with E-state index in [1.54, 1.807) is 49.4 Å². The zero-order valence-corrected chi connectivity index (χ0v) is 22.6. The number of carbonyl (C=O) groups is 4. The number of carbonyl (C=O) groups excluding carboxylic acids is 2. The van der Waals surface area contributed by atoms with Crippen molar-refractivity contribution in [3.05, 3.63) is 86.4 Å². The Kier molecular flexibility index (Phi) is 9.01. The molecule has 0 saturated heterocycles. The van der Waals surface area contributed by atoms with Gasteiger partial charge >= 0.3 is 11.9 Å². The van der Waals surface area contributed by atoms with E-state index >= 15 is 0 Å². The zero-order chi connectivity index (χ0) is 28.2. The molecule has 3 rings (SSSR count). The van der Waals surface area contributed by atoms with E-state index in [4.69, 9.17) is 23.2 Å². The van der Waals surface area contributed by atoms with Crippen LogP contribution in [0.25, 0.3) is 0 Å². The number of hydrogen-bond donors (Lipinski definition) is 4. The van der Waals surface area contributed by atoms with Gasteiger partial charge in [0.25, 0.3) is 5.91 Å². The predicted octanol–water partition coefficient (Wildman–Crippen LogP) is 5.51. The van der Waals surface area contributed by atoms with Crippen molar-refractivity contribution in [2.75, 3.05) is 5.32 Å². The fourth-order valence-corrected chi connectivity index (χ4v) is 5.07. The quantitative estimate of drug-likeness (QED) is 0.316. The average Bonchev–Trinajstić information content (AvgIpc) is 2.81. The third-order valence-corrected chi connectivity index (χ3v) is 7.16. The van der Waals surface area contributed by atoms with Crippen LogP contribution in [0.3, 0.4) is 0 Å². The number of nitrogens with one attached hydrogen (secondary N) is 2. The molecule has 1 aliphatic rings. The van der Waals surface area contributed by atoms with Gasteiger partial charge in [-0.1, -0.05) is 55.2 Å². The number of aliphatic carboxylic acids is 2. The summed E-state index contributed by atoms with van der Waals surface area (Å²) >= 11 is 12.2. The molecule has 0 aromatic heterocycles. The van der Waals surface area contributed by atoms with E-state index in [0.717, 1.165) is 0 Å². The van der Waals surface area contributed by atoms with E-state index in [1.165, 1.54) is 6.08 Å². The molecular weight excluding hydrogens is 531 g/mol. The molecule has 0 radical (unpaired) electrons. The maximum Gasteiger partial charge on any atom is 0.332 e. The molecule has 38 heavy (non-hydrogen) atoms. The minimum Gasteiger partial charge on any atom is -0.480 e. The fourth-order valence-electron chi connectivity index (χ4n) is 4.50. The van der Waals surface area contributed by atoms with E-state index in [9.17, 15) is 29.4 Å². The van der Waals surface area contributed by atoms with Crippen LogP contribution in [0.15, 0.2) is 65.3 Å². The van der Waals surface area contributed by atoms with Gasteiger partial charge in [-0.05, 0) is 66.2 Å². The van der Waals surface area contributed by atoms with Gasteiger partial charge < -0.3 is 20.8 Å². The first-order chi connectivity index (χ1) is 17.8. The van der Waals surface area contributed by atoms with Crippen LogP contribution < -0.4 is 10.6 Å². The number of carboxylic acid groups (broad SMARTS) is 2. The van der Waals surface area contributed by atoms with Crippen molar-refractivity contribution in [2.45, 2.75) is 46.1 Å². The van der Waals surface area contributed by atoms with Crippen molar-refractivity contribution < 1.29 is 29.4 Å². The van der Waals surface area contributed by atoms with Crippen LogP contribution in [0.2, 0.25) is 10.0 Å². The van der Waals surface area contributed by atoms with Crippen LogP contribution in [0.5, 0.6) is 0 Å². The summed E-state index contributed by atoms with van der Waals surface area (Å²) < 4.78 is 0. The van der Waals surface area contributed by atoms with Crippen molar-refractivity contribution in [1.82, 2.24) is 5.32 Å². The number of rotatable bonds is 8. The molecule has 1 atom stereocenters. The Balaban J connectivity index is 1.70. The highest BCUT2D eigenvalue weighted by Crippen LogP contribution is 2.42. The number of carboxylic acids is 2. The van der Waals surface area contributed by atoms with Gasteiger partial charge in [0, 0.05) is 23.8 Å². The number of allylic oxidation sites excluding steroid dienone is 2. The third kappa shape index (κ3) is 6.82. The Morgan fingerprint density at radius 3 is 2.18 bits per heavy atom. The molecule has 0 bridgehead atoms. The molecule has 0 spiro atoms. The second kappa shape index (κ2) is 11.8. The molecule has 2 aromatic carbocycles. The molecule has 2 aromatic rings. The molecular formula is C28H28Cl2N2O6. The molecule has 4 N–H and O–H groups in total. The van der Waals surface area contributed by atoms with Crippen LogP contribution in [0.4, 0.5) is 5.69 Å². The molecule has 0 heterocycles. The topological polar surface area (TPSA) is 133 Å². The van der Waals surface area contributed by atoms with Crippen molar-refractivity contribution >= 4 is 52.6 Å². The Morgan fingerprint density at radius 2 is 1.63 bits per heavy atom. The smallest absolute Gasteiger partial charge is 0.332 e. The summed E-state index contributed by atoms with van der Waals surface area (Å²) in [6.07, 6.45) is 2.34. The normalized spacial score (nSPS) is 16.6. The molecule has 0 fully saturated rings. The van der Waals surface area contributed by atoms with Crippen LogP contribution in [0, 0.1) is 5.41 Å². The Bertz CT molecular complexity index is 1330. The van der Waals surface area contributed by atoms with Crippen molar-refractivity contribution in [3.63, 3.8) is 0 Å². The van der Waals surface area contributed by atoms with Crippen LogP contribution in [-0.2, 0) is 20.8 Å². The van der Waals surface area contributed by atoms with Gasteiger partial charge in [-0.3, -0.25) is 9.59 Å². The minimum atomic E-state index is -1.22. The number of halogens is 2. The molecule has 10 heteroatoms. The summed E-state index contributed by atoms with van der Waals surface area (Å²) in [7, 11) is 0. The predicted molar refractivity (Wildman–Crippen MR) is 146 cm³/mol. The van der Waals surface area contributed by atoms with Gasteiger partial charge in [0.05, 0.1) is 15.6 Å². The first kappa shape index (κ1) is 28.9. The average molecular weight is 559 g/mol. The molecule has 0 unspecified atom stereocenters. The van der Waals surface area contributed by atoms with Crippen LogP contribution >= 0.6 is 23.2 Å². The third-order valence-electron chi connectivity index (χ3n) is 6.53. The summed E-state index contributed by atoms with van der Waals surface area (Å²) in [5, 5.41) is 24.9.